The summed E-state index contributed by atoms with van der Waals surface area (Å²) in [7, 11) is 3.23. The molecule has 24 heavy (non-hydrogen) atoms. The molecule has 0 aliphatic carbocycles. The quantitative estimate of drug-likeness (QED) is 0.747. The first kappa shape index (κ1) is 15.9. The number of carbonyl (C=O) groups is 2. The maximum absolute atomic E-state index is 12.1. The lowest BCUT2D eigenvalue weighted by molar-refractivity contribution is -0.117. The molecule has 0 aliphatic heterocycles. The predicted octanol–water partition coefficient (Wildman–Crippen LogP) is 1.62. The number of fused-ring (bicyclic) bond motifs is 1. The van der Waals surface area contributed by atoms with E-state index >= 15 is 0 Å². The maximum Gasteiger partial charge on any atom is 0.322 e. The lowest BCUT2D eigenvalue weighted by Crippen LogP contribution is -2.27. The van der Waals surface area contributed by atoms with Crippen LogP contribution in [0.1, 0.15) is 0 Å². The molecule has 9 nitrogen and oxygen atoms in total. The molecule has 0 unspecified atom stereocenters. The van der Waals surface area contributed by atoms with Crippen LogP contribution in [-0.2, 0) is 11.3 Å². The van der Waals surface area contributed by atoms with Crippen molar-refractivity contribution in [2.75, 3.05) is 24.7 Å². The molecular formula is C14H15N7O2S. The van der Waals surface area contributed by atoms with Gasteiger partial charge < -0.3 is 10.2 Å². The van der Waals surface area contributed by atoms with Crippen LogP contribution in [0, 0.1) is 0 Å². The van der Waals surface area contributed by atoms with Crippen molar-refractivity contribution < 1.29 is 9.59 Å². The fourth-order valence-electron chi connectivity index (χ4n) is 1.87. The van der Waals surface area contributed by atoms with Gasteiger partial charge in [-0.3, -0.25) is 10.1 Å². The van der Waals surface area contributed by atoms with E-state index in [0.29, 0.717) is 5.13 Å². The molecule has 0 saturated carbocycles. The van der Waals surface area contributed by atoms with Gasteiger partial charge in [-0.2, -0.15) is 9.90 Å². The van der Waals surface area contributed by atoms with Crippen LogP contribution in [0.25, 0.3) is 10.2 Å². The maximum atomic E-state index is 12.1. The first-order valence-corrected chi connectivity index (χ1v) is 7.87. The topological polar surface area (TPSA) is 105 Å². The predicted molar refractivity (Wildman–Crippen MR) is 91.0 cm³/mol. The van der Waals surface area contributed by atoms with E-state index < -0.39 is 0 Å². The number of urea groups is 1. The number of para-hydroxylation sites is 1. The number of aromatic nitrogens is 4. The average molecular weight is 345 g/mol. The van der Waals surface area contributed by atoms with E-state index in [2.05, 4.69) is 25.8 Å². The third-order valence-corrected chi connectivity index (χ3v) is 3.95. The number of carbonyl (C=O) groups excluding carboxylic acids is 2. The van der Waals surface area contributed by atoms with Crippen LogP contribution in [0.15, 0.2) is 30.5 Å². The van der Waals surface area contributed by atoms with Crippen LogP contribution in [0.4, 0.5) is 15.7 Å². The zero-order valence-corrected chi connectivity index (χ0v) is 13.9. The van der Waals surface area contributed by atoms with Gasteiger partial charge in [-0.15, -0.1) is 5.10 Å². The van der Waals surface area contributed by atoms with Crippen molar-refractivity contribution in [3.8, 4) is 0 Å². The fraction of sp³-hybridized carbons (Fsp3) is 0.214. The summed E-state index contributed by atoms with van der Waals surface area (Å²) in [6.07, 6.45) is 1.38. The van der Waals surface area contributed by atoms with Gasteiger partial charge in [0.2, 0.25) is 5.91 Å². The van der Waals surface area contributed by atoms with Gasteiger partial charge in [0, 0.05) is 14.1 Å². The summed E-state index contributed by atoms with van der Waals surface area (Å²) in [5, 5.41) is 13.8. The highest BCUT2D eigenvalue weighted by Crippen LogP contribution is 2.25. The van der Waals surface area contributed by atoms with Crippen molar-refractivity contribution in [3.63, 3.8) is 0 Å². The minimum absolute atomic E-state index is 0.0756. The summed E-state index contributed by atoms with van der Waals surface area (Å²) in [5.74, 6) is -0.0170. The van der Waals surface area contributed by atoms with E-state index in [1.165, 1.54) is 27.2 Å². The van der Waals surface area contributed by atoms with Crippen LogP contribution in [0.3, 0.4) is 0 Å². The van der Waals surface area contributed by atoms with E-state index in [1.54, 1.807) is 14.1 Å². The molecule has 2 aromatic heterocycles. The largest absolute Gasteiger partial charge is 0.331 e. The van der Waals surface area contributed by atoms with E-state index in [1.807, 2.05) is 24.3 Å². The minimum Gasteiger partial charge on any atom is -0.331 e. The molecule has 10 heteroatoms. The normalized spacial score (nSPS) is 10.6. The second-order valence-electron chi connectivity index (χ2n) is 5.12. The molecule has 3 amide bonds. The van der Waals surface area contributed by atoms with Gasteiger partial charge in [0.15, 0.2) is 10.9 Å². The molecule has 124 valence electrons. The molecule has 0 radical (unpaired) electrons. The van der Waals surface area contributed by atoms with E-state index in [-0.39, 0.29) is 24.3 Å². The smallest absolute Gasteiger partial charge is 0.322 e. The number of hydrogen-bond acceptors (Lipinski definition) is 6. The van der Waals surface area contributed by atoms with Crippen molar-refractivity contribution in [2.45, 2.75) is 6.54 Å². The molecule has 0 atom stereocenters. The third-order valence-electron chi connectivity index (χ3n) is 3.00. The Labute approximate surface area is 141 Å². The van der Waals surface area contributed by atoms with E-state index in [9.17, 15) is 9.59 Å². The third kappa shape index (κ3) is 3.66. The van der Waals surface area contributed by atoms with Crippen molar-refractivity contribution in [1.29, 1.82) is 0 Å². The van der Waals surface area contributed by atoms with Crippen LogP contribution in [0.2, 0.25) is 0 Å². The SMILES string of the molecule is CN(C)C(=O)Nc1cnn(CC(=O)Nc2nc3ccccc3s2)n1. The highest BCUT2D eigenvalue weighted by Gasteiger charge is 2.11. The second-order valence-corrected chi connectivity index (χ2v) is 6.15. The summed E-state index contributed by atoms with van der Waals surface area (Å²) in [5.41, 5.74) is 0.837. The van der Waals surface area contributed by atoms with Gasteiger partial charge in [-0.1, -0.05) is 23.5 Å². The number of hydrogen-bond donors (Lipinski definition) is 2. The van der Waals surface area contributed by atoms with Gasteiger partial charge in [-0.05, 0) is 12.1 Å². The molecule has 0 bridgehead atoms. The van der Waals surface area contributed by atoms with Gasteiger partial charge >= 0.3 is 6.03 Å². The van der Waals surface area contributed by atoms with E-state index in [0.717, 1.165) is 10.2 Å². The van der Waals surface area contributed by atoms with Gasteiger partial charge in [0.05, 0.1) is 16.4 Å². The zero-order chi connectivity index (χ0) is 17.1. The lowest BCUT2D eigenvalue weighted by Gasteiger charge is -2.09. The fourth-order valence-corrected chi connectivity index (χ4v) is 2.75. The summed E-state index contributed by atoms with van der Waals surface area (Å²) in [6.45, 7) is -0.0756. The first-order chi connectivity index (χ1) is 11.5. The highest BCUT2D eigenvalue weighted by atomic mass is 32.1. The van der Waals surface area contributed by atoms with Crippen LogP contribution in [-0.4, -0.2) is 50.9 Å². The summed E-state index contributed by atoms with van der Waals surface area (Å²) in [4.78, 5) is 30.5. The number of thiazole rings is 1. The molecule has 2 heterocycles. The number of nitrogens with one attached hydrogen (secondary N) is 2. The molecule has 0 fully saturated rings. The number of anilines is 2. The number of benzene rings is 1. The molecule has 0 spiro atoms. The van der Waals surface area contributed by atoms with Crippen molar-refractivity contribution in [3.05, 3.63) is 30.5 Å². The molecule has 0 aliphatic rings. The van der Waals surface area contributed by atoms with Crippen molar-refractivity contribution in [2.24, 2.45) is 0 Å². The Kier molecular flexibility index (Phi) is 4.38. The zero-order valence-electron chi connectivity index (χ0n) is 13.1. The van der Waals surface area contributed by atoms with Crippen molar-refractivity contribution in [1.82, 2.24) is 24.9 Å². The Morgan fingerprint density at radius 3 is 2.79 bits per heavy atom. The Bertz CT molecular complexity index is 853. The van der Waals surface area contributed by atoms with Crippen LogP contribution < -0.4 is 10.6 Å². The minimum atomic E-state index is -0.319. The summed E-state index contributed by atoms with van der Waals surface area (Å²) >= 11 is 1.40. The summed E-state index contributed by atoms with van der Waals surface area (Å²) in [6, 6.07) is 7.32. The molecule has 3 aromatic rings. The Hall–Kier alpha value is -3.01. The van der Waals surface area contributed by atoms with Crippen molar-refractivity contribution >= 4 is 44.4 Å². The van der Waals surface area contributed by atoms with E-state index in [4.69, 9.17) is 0 Å². The second kappa shape index (κ2) is 6.62. The van der Waals surface area contributed by atoms with Gasteiger partial charge in [0.1, 0.15) is 6.54 Å². The number of amides is 3. The standard InChI is InChI=1S/C14H15N7O2S/c1-20(2)14(23)17-11-7-15-21(19-11)8-12(22)18-13-16-9-5-3-4-6-10(9)24-13/h3-7H,8H2,1-2H3,(H,16,18,22)(H,17,19,23). The molecule has 2 N–H and O–H groups in total. The Balaban J connectivity index is 1.60. The molecule has 3 rings (SSSR count). The van der Waals surface area contributed by atoms with Crippen LogP contribution >= 0.6 is 11.3 Å². The first-order valence-electron chi connectivity index (χ1n) is 7.05. The number of nitrogens with zero attached hydrogens (tertiary/aromatic N) is 5. The van der Waals surface area contributed by atoms with Crippen LogP contribution in [0.5, 0.6) is 0 Å². The molecule has 0 saturated heterocycles. The lowest BCUT2D eigenvalue weighted by atomic mass is 10.3. The monoisotopic (exact) mass is 345 g/mol. The Morgan fingerprint density at radius 1 is 1.25 bits per heavy atom. The van der Waals surface area contributed by atoms with Gasteiger partial charge in [-0.25, -0.2) is 9.78 Å². The number of rotatable bonds is 4. The average Bonchev–Trinajstić information content (AvgIpc) is 3.12. The molecular weight excluding hydrogens is 330 g/mol. The summed E-state index contributed by atoms with van der Waals surface area (Å²) < 4.78 is 0.999. The Morgan fingerprint density at radius 2 is 2.04 bits per heavy atom. The molecule has 1 aromatic carbocycles. The highest BCUT2D eigenvalue weighted by molar-refractivity contribution is 7.22. The van der Waals surface area contributed by atoms with Gasteiger partial charge in [0.25, 0.3) is 0 Å².